The highest BCUT2D eigenvalue weighted by Crippen LogP contribution is 2.82. The van der Waals surface area contributed by atoms with Crippen LogP contribution in [0.2, 0.25) is 0 Å². The maximum Gasteiger partial charge on any atom is 0.0669 e. The van der Waals surface area contributed by atoms with Gasteiger partial charge in [0.25, 0.3) is 0 Å². The predicted octanol–water partition coefficient (Wildman–Crippen LogP) is 2.48. The zero-order chi connectivity index (χ0) is 15.3. The molecule has 0 amide bonds. The summed E-state index contributed by atoms with van der Waals surface area (Å²) >= 11 is 0. The minimum absolute atomic E-state index is 0.0524. The first-order chi connectivity index (χ1) is 10.5. The maximum absolute atomic E-state index is 10.9. The second-order valence-electron chi connectivity index (χ2n) is 9.55. The van der Waals surface area contributed by atoms with E-state index in [1.165, 1.54) is 19.3 Å². The molecule has 22 heavy (non-hydrogen) atoms. The van der Waals surface area contributed by atoms with Crippen molar-refractivity contribution in [1.82, 2.24) is 0 Å². The van der Waals surface area contributed by atoms with Gasteiger partial charge in [-0.05, 0) is 81.0 Å². The van der Waals surface area contributed by atoms with Gasteiger partial charge in [-0.15, -0.1) is 0 Å². The Kier molecular flexibility index (Phi) is 2.65. The highest BCUT2D eigenvalue weighted by Gasteiger charge is 2.82. The smallest absolute Gasteiger partial charge is 0.0669 e. The molecule has 0 aromatic heterocycles. The van der Waals surface area contributed by atoms with Gasteiger partial charge >= 0.3 is 0 Å². The first kappa shape index (κ1) is 14.2. The molecule has 5 rings (SSSR count). The molecule has 3 nitrogen and oxygen atoms in total. The first-order valence-corrected chi connectivity index (χ1v) is 9.50. The zero-order valence-electron chi connectivity index (χ0n) is 13.7. The molecule has 5 saturated carbocycles. The Labute approximate surface area is 133 Å². The third kappa shape index (κ3) is 1.33. The minimum atomic E-state index is -0.191. The van der Waals surface area contributed by atoms with Gasteiger partial charge in [0.05, 0.1) is 18.3 Å². The molecule has 0 heterocycles. The maximum atomic E-state index is 10.9. The number of hydrogen-bond donors (Lipinski definition) is 3. The van der Waals surface area contributed by atoms with E-state index in [-0.39, 0.29) is 34.6 Å². The second-order valence-corrected chi connectivity index (χ2v) is 9.55. The Morgan fingerprint density at radius 1 is 0.818 bits per heavy atom. The van der Waals surface area contributed by atoms with E-state index in [1.807, 2.05) is 0 Å². The lowest BCUT2D eigenvalue weighted by Gasteiger charge is -2.55. The van der Waals surface area contributed by atoms with Gasteiger partial charge in [-0.2, -0.15) is 0 Å². The van der Waals surface area contributed by atoms with Crippen molar-refractivity contribution >= 4 is 0 Å². The van der Waals surface area contributed by atoms with Crippen molar-refractivity contribution in [2.75, 3.05) is 0 Å². The van der Waals surface area contributed by atoms with Crippen LogP contribution < -0.4 is 0 Å². The average Bonchev–Trinajstić information content (AvgIpc) is 2.89. The Morgan fingerprint density at radius 3 is 2.45 bits per heavy atom. The Hall–Kier alpha value is -0.120. The van der Waals surface area contributed by atoms with Crippen LogP contribution in [0.5, 0.6) is 0 Å². The monoisotopic (exact) mass is 306 g/mol. The van der Waals surface area contributed by atoms with Gasteiger partial charge in [-0.1, -0.05) is 6.92 Å². The van der Waals surface area contributed by atoms with E-state index in [1.54, 1.807) is 0 Å². The van der Waals surface area contributed by atoms with Crippen molar-refractivity contribution in [2.24, 2.45) is 34.0 Å². The topological polar surface area (TPSA) is 60.7 Å². The van der Waals surface area contributed by atoms with Crippen LogP contribution in [-0.2, 0) is 0 Å². The number of hydrogen-bond acceptors (Lipinski definition) is 3. The predicted molar refractivity (Wildman–Crippen MR) is 83.0 cm³/mol. The largest absolute Gasteiger partial charge is 0.393 e. The van der Waals surface area contributed by atoms with E-state index >= 15 is 0 Å². The van der Waals surface area contributed by atoms with E-state index < -0.39 is 0 Å². The molecule has 0 radical (unpaired) electrons. The number of aliphatic hydroxyl groups is 3. The average molecular weight is 306 g/mol. The van der Waals surface area contributed by atoms with Crippen molar-refractivity contribution in [1.29, 1.82) is 0 Å². The van der Waals surface area contributed by atoms with Crippen LogP contribution in [0.1, 0.15) is 64.7 Å². The van der Waals surface area contributed by atoms with Crippen molar-refractivity contribution in [3.63, 3.8) is 0 Å². The molecule has 0 aliphatic heterocycles. The summed E-state index contributed by atoms with van der Waals surface area (Å²) in [5, 5.41) is 31.5. The quantitative estimate of drug-likeness (QED) is 0.644. The van der Waals surface area contributed by atoms with E-state index in [0.717, 1.165) is 38.5 Å². The normalized spacial score (nSPS) is 66.0. The standard InChI is InChI=1S/C19H30O3/c1-17-7-6-14-12(13(17)2-3-15(17)21)5-8-18-10-11(20)4-9-19(14,18)16(18)22/h11-16,20-22H,2-10H2,1H3/t11-,12-,13-,14-,15-,16-,17-,18+,19+/m0/s1. The summed E-state index contributed by atoms with van der Waals surface area (Å²) in [5.74, 6) is 2.01. The Balaban J connectivity index is 1.51. The number of rotatable bonds is 0. The van der Waals surface area contributed by atoms with Crippen molar-refractivity contribution in [3.05, 3.63) is 0 Å². The van der Waals surface area contributed by atoms with E-state index in [9.17, 15) is 15.3 Å². The molecule has 9 atom stereocenters. The third-order valence-corrected chi connectivity index (χ3v) is 9.32. The van der Waals surface area contributed by atoms with E-state index in [4.69, 9.17) is 0 Å². The molecule has 0 spiro atoms. The molecular weight excluding hydrogens is 276 g/mol. The lowest BCUT2D eigenvalue weighted by Crippen LogP contribution is -2.50. The van der Waals surface area contributed by atoms with Crippen molar-refractivity contribution < 1.29 is 15.3 Å². The molecule has 5 aliphatic rings. The molecular formula is C19H30O3. The lowest BCUT2D eigenvalue weighted by atomic mass is 9.50. The van der Waals surface area contributed by atoms with Crippen LogP contribution in [0.15, 0.2) is 0 Å². The second kappa shape index (κ2) is 4.10. The number of fused-ring (bicyclic) bond motifs is 3. The van der Waals surface area contributed by atoms with Gasteiger partial charge in [0.1, 0.15) is 0 Å². The fourth-order valence-electron chi connectivity index (χ4n) is 8.24. The van der Waals surface area contributed by atoms with Crippen molar-refractivity contribution in [2.45, 2.75) is 83.0 Å². The van der Waals surface area contributed by atoms with Gasteiger partial charge in [0.15, 0.2) is 0 Å². The Bertz CT molecular complexity index is 507. The van der Waals surface area contributed by atoms with Gasteiger partial charge < -0.3 is 15.3 Å². The van der Waals surface area contributed by atoms with Crippen LogP contribution in [0, 0.1) is 34.0 Å². The van der Waals surface area contributed by atoms with Crippen LogP contribution >= 0.6 is 0 Å². The fourth-order valence-corrected chi connectivity index (χ4v) is 8.24. The van der Waals surface area contributed by atoms with Crippen LogP contribution in [0.25, 0.3) is 0 Å². The molecule has 0 saturated heterocycles. The fraction of sp³-hybridized carbons (Fsp3) is 1.00. The molecule has 0 unspecified atom stereocenters. The Morgan fingerprint density at radius 2 is 1.64 bits per heavy atom. The van der Waals surface area contributed by atoms with Crippen molar-refractivity contribution in [3.8, 4) is 0 Å². The molecule has 5 aliphatic carbocycles. The van der Waals surface area contributed by atoms with Gasteiger partial charge in [-0.3, -0.25) is 0 Å². The molecule has 5 fully saturated rings. The summed E-state index contributed by atoms with van der Waals surface area (Å²) in [6.07, 6.45) is 9.07. The molecule has 0 bridgehead atoms. The minimum Gasteiger partial charge on any atom is -0.393 e. The molecule has 3 N–H and O–H groups in total. The van der Waals surface area contributed by atoms with E-state index in [2.05, 4.69) is 6.92 Å². The molecule has 0 aromatic carbocycles. The van der Waals surface area contributed by atoms with Crippen LogP contribution in [0.3, 0.4) is 0 Å². The summed E-state index contributed by atoms with van der Waals surface area (Å²) in [4.78, 5) is 0. The molecule has 3 heteroatoms. The SMILES string of the molecule is C[C@]12CC[C@H]3[C@@H](CC[C@]45C[C@@H](O)CC[C@]34[C@H]5O)[C@@H]1CC[C@@H]2O. The summed E-state index contributed by atoms with van der Waals surface area (Å²) in [6, 6.07) is 0. The summed E-state index contributed by atoms with van der Waals surface area (Å²) in [6.45, 7) is 2.32. The summed E-state index contributed by atoms with van der Waals surface area (Å²) in [7, 11) is 0. The van der Waals surface area contributed by atoms with Gasteiger partial charge in [0.2, 0.25) is 0 Å². The third-order valence-electron chi connectivity index (χ3n) is 9.32. The zero-order valence-corrected chi connectivity index (χ0v) is 13.7. The highest BCUT2D eigenvalue weighted by atomic mass is 16.3. The van der Waals surface area contributed by atoms with Crippen LogP contribution in [-0.4, -0.2) is 33.6 Å². The highest BCUT2D eigenvalue weighted by molar-refractivity contribution is 5.30. The summed E-state index contributed by atoms with van der Waals surface area (Å²) in [5.41, 5.74) is 0.312. The lowest BCUT2D eigenvalue weighted by molar-refractivity contribution is -0.0935. The molecule has 0 aromatic rings. The van der Waals surface area contributed by atoms with Gasteiger partial charge in [0, 0.05) is 10.8 Å². The number of aliphatic hydroxyl groups excluding tert-OH is 3. The van der Waals surface area contributed by atoms with E-state index in [0.29, 0.717) is 17.8 Å². The molecule has 124 valence electrons. The summed E-state index contributed by atoms with van der Waals surface area (Å²) < 4.78 is 0. The van der Waals surface area contributed by atoms with Crippen LogP contribution in [0.4, 0.5) is 0 Å². The first-order valence-electron chi connectivity index (χ1n) is 9.50. The van der Waals surface area contributed by atoms with Gasteiger partial charge in [-0.25, -0.2) is 0 Å².